The summed E-state index contributed by atoms with van der Waals surface area (Å²) in [5.41, 5.74) is 4.62. The van der Waals surface area contributed by atoms with E-state index in [4.69, 9.17) is 10.5 Å². The lowest BCUT2D eigenvalue weighted by molar-refractivity contribution is 1.32. The number of rotatable bonds is 2. The van der Waals surface area contributed by atoms with Gasteiger partial charge >= 0.3 is 0 Å². The molecule has 1 aromatic heterocycles. The van der Waals surface area contributed by atoms with Crippen molar-refractivity contribution in [3.05, 3.63) is 77.9 Å². The van der Waals surface area contributed by atoms with Crippen molar-refractivity contribution < 1.29 is 0 Å². The molecule has 3 rings (SSSR count). The maximum Gasteiger partial charge on any atom is 0.0991 e. The highest BCUT2D eigenvalue weighted by Gasteiger charge is 2.05. The fourth-order valence-electron chi connectivity index (χ4n) is 2.25. The average molecular weight is 281 g/mol. The van der Waals surface area contributed by atoms with Crippen molar-refractivity contribution in [1.29, 1.82) is 10.5 Å². The fraction of sp³-hybridized carbons (Fsp3) is 0. The van der Waals surface area contributed by atoms with E-state index in [1.54, 1.807) is 12.1 Å². The van der Waals surface area contributed by atoms with Crippen molar-refractivity contribution in [2.24, 2.45) is 0 Å². The van der Waals surface area contributed by atoms with E-state index in [1.807, 2.05) is 54.6 Å². The molecular weight excluding hydrogens is 270 g/mol. The molecule has 0 aliphatic carbocycles. The van der Waals surface area contributed by atoms with E-state index in [9.17, 15) is 0 Å². The standard InChI is InChI=1S/C19H11N3/c20-12-14-4-1-6-16(10-14)18-8-3-9-19(22-18)17-7-2-5-15(11-17)13-21/h1-11H. The van der Waals surface area contributed by atoms with Gasteiger partial charge in [0.2, 0.25) is 0 Å². The molecule has 0 fully saturated rings. The van der Waals surface area contributed by atoms with Crippen LogP contribution < -0.4 is 0 Å². The molecule has 0 N–H and O–H groups in total. The molecule has 0 atom stereocenters. The summed E-state index contributed by atoms with van der Waals surface area (Å²) < 4.78 is 0. The summed E-state index contributed by atoms with van der Waals surface area (Å²) >= 11 is 0. The summed E-state index contributed by atoms with van der Waals surface area (Å²) in [5, 5.41) is 18.0. The van der Waals surface area contributed by atoms with Gasteiger partial charge < -0.3 is 0 Å². The van der Waals surface area contributed by atoms with Gasteiger partial charge in [-0.05, 0) is 36.4 Å². The van der Waals surface area contributed by atoms with Gasteiger partial charge in [-0.25, -0.2) is 4.98 Å². The van der Waals surface area contributed by atoms with Crippen LogP contribution in [0.5, 0.6) is 0 Å². The number of nitrogens with zero attached hydrogens (tertiary/aromatic N) is 3. The molecule has 0 saturated carbocycles. The van der Waals surface area contributed by atoms with Crippen LogP contribution in [0.1, 0.15) is 11.1 Å². The largest absolute Gasteiger partial charge is 0.248 e. The molecule has 0 radical (unpaired) electrons. The van der Waals surface area contributed by atoms with Gasteiger partial charge in [-0.1, -0.05) is 30.3 Å². The second-order valence-corrected chi connectivity index (χ2v) is 4.79. The first kappa shape index (κ1) is 13.5. The SMILES string of the molecule is N#Cc1cccc(-c2cccc(-c3cccc(C#N)c3)n2)c1. The highest BCUT2D eigenvalue weighted by Crippen LogP contribution is 2.23. The second kappa shape index (κ2) is 5.91. The zero-order valence-corrected chi connectivity index (χ0v) is 11.7. The van der Waals surface area contributed by atoms with Crippen LogP contribution >= 0.6 is 0 Å². The molecule has 3 nitrogen and oxygen atoms in total. The van der Waals surface area contributed by atoms with Crippen molar-refractivity contribution in [1.82, 2.24) is 4.98 Å². The second-order valence-electron chi connectivity index (χ2n) is 4.79. The number of benzene rings is 2. The number of nitriles is 2. The Morgan fingerprint density at radius 1 is 0.636 bits per heavy atom. The summed E-state index contributed by atoms with van der Waals surface area (Å²) in [4.78, 5) is 4.65. The topological polar surface area (TPSA) is 60.5 Å². The van der Waals surface area contributed by atoms with Crippen LogP contribution in [0.25, 0.3) is 22.5 Å². The van der Waals surface area contributed by atoms with Crippen LogP contribution in [0, 0.1) is 22.7 Å². The zero-order chi connectivity index (χ0) is 15.4. The Bertz CT molecular complexity index is 841. The van der Waals surface area contributed by atoms with Crippen molar-refractivity contribution in [3.63, 3.8) is 0 Å². The van der Waals surface area contributed by atoms with Crippen LogP contribution in [0.4, 0.5) is 0 Å². The van der Waals surface area contributed by atoms with Crippen LogP contribution in [0.2, 0.25) is 0 Å². The smallest absolute Gasteiger partial charge is 0.0991 e. The van der Waals surface area contributed by atoms with Gasteiger partial charge in [-0.15, -0.1) is 0 Å². The van der Waals surface area contributed by atoms with E-state index in [-0.39, 0.29) is 0 Å². The minimum absolute atomic E-state index is 0.608. The average Bonchev–Trinajstić information content (AvgIpc) is 2.62. The van der Waals surface area contributed by atoms with Gasteiger partial charge in [0.05, 0.1) is 34.7 Å². The quantitative estimate of drug-likeness (QED) is 0.708. The highest BCUT2D eigenvalue weighted by molar-refractivity contribution is 5.67. The lowest BCUT2D eigenvalue weighted by atomic mass is 10.1. The third kappa shape index (κ3) is 2.70. The molecule has 0 spiro atoms. The first-order valence-electron chi connectivity index (χ1n) is 6.78. The van der Waals surface area contributed by atoms with Crippen molar-refractivity contribution >= 4 is 0 Å². The predicted molar refractivity (Wildman–Crippen MR) is 84.5 cm³/mol. The summed E-state index contributed by atoms with van der Waals surface area (Å²) in [7, 11) is 0. The van der Waals surface area contributed by atoms with E-state index in [2.05, 4.69) is 17.1 Å². The first-order chi connectivity index (χ1) is 10.8. The van der Waals surface area contributed by atoms with Crippen LogP contribution in [-0.2, 0) is 0 Å². The Kier molecular flexibility index (Phi) is 3.64. The summed E-state index contributed by atoms with van der Waals surface area (Å²) in [6.07, 6.45) is 0. The Hall–Kier alpha value is -3.43. The normalized spacial score (nSPS) is 9.73. The maximum absolute atomic E-state index is 9.00. The van der Waals surface area contributed by atoms with Gasteiger partial charge in [-0.2, -0.15) is 10.5 Å². The summed E-state index contributed by atoms with van der Waals surface area (Å²) in [6, 6.07) is 24.7. The van der Waals surface area contributed by atoms with Gasteiger partial charge in [0.15, 0.2) is 0 Å². The molecule has 3 aromatic rings. The number of hydrogen-bond donors (Lipinski definition) is 0. The van der Waals surface area contributed by atoms with Gasteiger partial charge in [-0.3, -0.25) is 0 Å². The van der Waals surface area contributed by atoms with Crippen LogP contribution in [-0.4, -0.2) is 4.98 Å². The minimum Gasteiger partial charge on any atom is -0.248 e. The monoisotopic (exact) mass is 281 g/mol. The van der Waals surface area contributed by atoms with Gasteiger partial charge in [0.1, 0.15) is 0 Å². The Morgan fingerprint density at radius 2 is 1.09 bits per heavy atom. The maximum atomic E-state index is 9.00. The van der Waals surface area contributed by atoms with E-state index < -0.39 is 0 Å². The molecule has 0 aliphatic rings. The number of aromatic nitrogens is 1. The first-order valence-corrected chi connectivity index (χ1v) is 6.78. The third-order valence-electron chi connectivity index (χ3n) is 3.32. The van der Waals surface area contributed by atoms with Gasteiger partial charge in [0, 0.05) is 11.1 Å². The molecule has 0 amide bonds. The molecule has 3 heteroatoms. The van der Waals surface area contributed by atoms with E-state index in [1.165, 1.54) is 0 Å². The minimum atomic E-state index is 0.608. The lowest BCUT2D eigenvalue weighted by Crippen LogP contribution is -1.89. The molecule has 2 aromatic carbocycles. The number of pyridine rings is 1. The molecule has 22 heavy (non-hydrogen) atoms. The molecule has 0 bridgehead atoms. The van der Waals surface area contributed by atoms with Crippen LogP contribution in [0.15, 0.2) is 66.7 Å². The Balaban J connectivity index is 2.06. The third-order valence-corrected chi connectivity index (χ3v) is 3.32. The van der Waals surface area contributed by atoms with E-state index in [0.717, 1.165) is 22.5 Å². The zero-order valence-electron chi connectivity index (χ0n) is 11.7. The fourth-order valence-corrected chi connectivity index (χ4v) is 2.25. The van der Waals surface area contributed by atoms with Crippen LogP contribution in [0.3, 0.4) is 0 Å². The molecular formula is C19H11N3. The van der Waals surface area contributed by atoms with E-state index in [0.29, 0.717) is 11.1 Å². The summed E-state index contributed by atoms with van der Waals surface area (Å²) in [6.45, 7) is 0. The molecule has 0 aliphatic heterocycles. The lowest BCUT2D eigenvalue weighted by Gasteiger charge is -2.05. The van der Waals surface area contributed by atoms with Gasteiger partial charge in [0.25, 0.3) is 0 Å². The van der Waals surface area contributed by atoms with E-state index >= 15 is 0 Å². The van der Waals surface area contributed by atoms with Crippen molar-refractivity contribution in [2.75, 3.05) is 0 Å². The Morgan fingerprint density at radius 3 is 1.55 bits per heavy atom. The van der Waals surface area contributed by atoms with Crippen molar-refractivity contribution in [3.8, 4) is 34.7 Å². The summed E-state index contributed by atoms with van der Waals surface area (Å²) in [5.74, 6) is 0. The predicted octanol–water partition coefficient (Wildman–Crippen LogP) is 4.16. The molecule has 0 saturated heterocycles. The highest BCUT2D eigenvalue weighted by atomic mass is 14.7. The Labute approximate surface area is 128 Å². The van der Waals surface area contributed by atoms with Crippen molar-refractivity contribution in [2.45, 2.75) is 0 Å². The number of hydrogen-bond acceptors (Lipinski definition) is 3. The molecule has 0 unspecified atom stereocenters. The molecule has 1 heterocycles. The molecule has 102 valence electrons.